The highest BCUT2D eigenvalue weighted by Gasteiger charge is 2.24. The van der Waals surface area contributed by atoms with Gasteiger partial charge in [-0.15, -0.1) is 0 Å². The predicted octanol–water partition coefficient (Wildman–Crippen LogP) is 3.48. The van der Waals surface area contributed by atoms with E-state index in [4.69, 9.17) is 10.5 Å². The predicted molar refractivity (Wildman–Crippen MR) is 73.7 cm³/mol. The number of halogens is 1. The van der Waals surface area contributed by atoms with E-state index in [1.165, 1.54) is 24.8 Å². The second kappa shape index (κ2) is 6.53. The Balaban J connectivity index is 1.90. The lowest BCUT2D eigenvalue weighted by molar-refractivity contribution is -0.0185. The first-order valence-electron chi connectivity index (χ1n) is 6.36. The van der Waals surface area contributed by atoms with E-state index in [1.54, 1.807) is 0 Å². The van der Waals surface area contributed by atoms with Gasteiger partial charge in [-0.05, 0) is 36.9 Å². The Morgan fingerprint density at radius 2 is 2.00 bits per heavy atom. The van der Waals surface area contributed by atoms with Gasteiger partial charge < -0.3 is 10.5 Å². The summed E-state index contributed by atoms with van der Waals surface area (Å²) in [5, 5.41) is 0. The maximum absolute atomic E-state index is 6.04. The average Bonchev–Trinajstić information content (AvgIpc) is 2.38. The Hall–Kier alpha value is -0.380. The zero-order valence-electron chi connectivity index (χ0n) is 10.1. The molecule has 0 spiro atoms. The van der Waals surface area contributed by atoms with Gasteiger partial charge in [0.2, 0.25) is 0 Å². The molecule has 1 fully saturated rings. The van der Waals surface area contributed by atoms with Crippen LogP contribution in [-0.2, 0) is 11.3 Å². The van der Waals surface area contributed by atoms with Crippen molar-refractivity contribution in [2.75, 3.05) is 6.54 Å². The highest BCUT2D eigenvalue weighted by molar-refractivity contribution is 9.10. The van der Waals surface area contributed by atoms with Gasteiger partial charge in [0.05, 0.1) is 12.7 Å². The smallest absolute Gasteiger partial charge is 0.0731 e. The van der Waals surface area contributed by atoms with Crippen molar-refractivity contribution in [1.82, 2.24) is 0 Å². The largest absolute Gasteiger partial charge is 0.373 e. The van der Waals surface area contributed by atoms with Crippen LogP contribution in [-0.4, -0.2) is 12.6 Å². The molecule has 1 aliphatic rings. The molecule has 1 aromatic carbocycles. The third kappa shape index (κ3) is 3.54. The minimum Gasteiger partial charge on any atom is -0.373 e. The molecule has 3 heteroatoms. The maximum atomic E-state index is 6.04. The highest BCUT2D eigenvalue weighted by Crippen LogP contribution is 2.27. The highest BCUT2D eigenvalue weighted by atomic mass is 79.9. The van der Waals surface area contributed by atoms with E-state index in [9.17, 15) is 0 Å². The normalized spacial score (nSPS) is 24.8. The third-order valence-electron chi connectivity index (χ3n) is 3.55. The molecule has 0 aliphatic heterocycles. The summed E-state index contributed by atoms with van der Waals surface area (Å²) in [5.74, 6) is 0.547. The van der Waals surface area contributed by atoms with Crippen LogP contribution >= 0.6 is 15.9 Å². The van der Waals surface area contributed by atoms with E-state index < -0.39 is 0 Å². The number of hydrogen-bond acceptors (Lipinski definition) is 2. The topological polar surface area (TPSA) is 35.2 Å². The molecule has 0 aromatic heterocycles. The second-order valence-corrected chi connectivity index (χ2v) is 5.58. The van der Waals surface area contributed by atoms with Gasteiger partial charge in [0.1, 0.15) is 0 Å². The SMILES string of the molecule is NCC1CCCCC1OCc1ccccc1Br. The van der Waals surface area contributed by atoms with E-state index in [2.05, 4.69) is 28.1 Å². The summed E-state index contributed by atoms with van der Waals surface area (Å²) in [4.78, 5) is 0. The minimum absolute atomic E-state index is 0.348. The Labute approximate surface area is 112 Å². The van der Waals surface area contributed by atoms with Crippen LogP contribution in [0, 0.1) is 5.92 Å². The van der Waals surface area contributed by atoms with Gasteiger partial charge in [0, 0.05) is 4.47 Å². The van der Waals surface area contributed by atoms with Crippen LogP contribution in [0.2, 0.25) is 0 Å². The molecule has 94 valence electrons. The average molecular weight is 298 g/mol. The van der Waals surface area contributed by atoms with Crippen molar-refractivity contribution in [2.45, 2.75) is 38.4 Å². The van der Waals surface area contributed by atoms with E-state index >= 15 is 0 Å². The molecule has 0 heterocycles. The Bertz CT molecular complexity index is 356. The summed E-state index contributed by atoms with van der Waals surface area (Å²) < 4.78 is 7.17. The summed E-state index contributed by atoms with van der Waals surface area (Å²) in [6.07, 6.45) is 5.30. The van der Waals surface area contributed by atoms with Crippen molar-refractivity contribution in [3.63, 3.8) is 0 Å². The minimum atomic E-state index is 0.348. The van der Waals surface area contributed by atoms with Gasteiger partial charge >= 0.3 is 0 Å². The van der Waals surface area contributed by atoms with E-state index in [-0.39, 0.29) is 0 Å². The molecule has 0 radical (unpaired) electrons. The van der Waals surface area contributed by atoms with Gasteiger partial charge in [-0.25, -0.2) is 0 Å². The molecule has 1 aliphatic carbocycles. The van der Waals surface area contributed by atoms with E-state index in [0.29, 0.717) is 18.6 Å². The number of nitrogens with two attached hydrogens (primary N) is 1. The lowest BCUT2D eigenvalue weighted by Gasteiger charge is -2.30. The summed E-state index contributed by atoms with van der Waals surface area (Å²) in [7, 11) is 0. The van der Waals surface area contributed by atoms with Gasteiger partial charge in [0.15, 0.2) is 0 Å². The first-order valence-corrected chi connectivity index (χ1v) is 7.15. The third-order valence-corrected chi connectivity index (χ3v) is 4.33. The van der Waals surface area contributed by atoms with Crippen LogP contribution in [0.15, 0.2) is 28.7 Å². The van der Waals surface area contributed by atoms with Gasteiger partial charge in [-0.3, -0.25) is 0 Å². The number of benzene rings is 1. The summed E-state index contributed by atoms with van der Waals surface area (Å²) in [6, 6.07) is 8.23. The first kappa shape index (κ1) is 13.1. The molecule has 1 aromatic rings. The molecule has 2 N–H and O–H groups in total. The molecular formula is C14H20BrNO. The van der Waals surface area contributed by atoms with Crippen LogP contribution in [0.1, 0.15) is 31.2 Å². The maximum Gasteiger partial charge on any atom is 0.0731 e. The fourth-order valence-electron chi connectivity index (χ4n) is 2.47. The molecule has 2 atom stereocenters. The lowest BCUT2D eigenvalue weighted by atomic mass is 9.86. The van der Waals surface area contributed by atoms with Crippen molar-refractivity contribution in [1.29, 1.82) is 0 Å². The Morgan fingerprint density at radius 1 is 1.24 bits per heavy atom. The quantitative estimate of drug-likeness (QED) is 0.923. The molecule has 1 saturated carbocycles. The van der Waals surface area contributed by atoms with Gasteiger partial charge in [-0.1, -0.05) is 47.0 Å². The fourth-order valence-corrected chi connectivity index (χ4v) is 2.87. The van der Waals surface area contributed by atoms with Crippen molar-refractivity contribution in [3.8, 4) is 0 Å². The van der Waals surface area contributed by atoms with Crippen LogP contribution in [0.5, 0.6) is 0 Å². The van der Waals surface area contributed by atoms with Crippen LogP contribution < -0.4 is 5.73 Å². The molecule has 0 amide bonds. The fraction of sp³-hybridized carbons (Fsp3) is 0.571. The molecule has 2 nitrogen and oxygen atoms in total. The monoisotopic (exact) mass is 297 g/mol. The first-order chi connectivity index (χ1) is 8.31. The molecule has 2 rings (SSSR count). The zero-order chi connectivity index (χ0) is 12.1. The van der Waals surface area contributed by atoms with Crippen LogP contribution in [0.3, 0.4) is 0 Å². The summed E-state index contributed by atoms with van der Waals surface area (Å²) in [5.41, 5.74) is 7.02. The van der Waals surface area contributed by atoms with E-state index in [0.717, 1.165) is 17.4 Å². The second-order valence-electron chi connectivity index (χ2n) is 4.72. The van der Waals surface area contributed by atoms with Gasteiger partial charge in [0.25, 0.3) is 0 Å². The molecule has 17 heavy (non-hydrogen) atoms. The number of ether oxygens (including phenoxy) is 1. The van der Waals surface area contributed by atoms with Crippen molar-refractivity contribution >= 4 is 15.9 Å². The van der Waals surface area contributed by atoms with Crippen molar-refractivity contribution < 1.29 is 4.74 Å². The molecule has 2 unspecified atom stereocenters. The zero-order valence-corrected chi connectivity index (χ0v) is 11.7. The molecular weight excluding hydrogens is 278 g/mol. The van der Waals surface area contributed by atoms with Crippen LogP contribution in [0.4, 0.5) is 0 Å². The Morgan fingerprint density at radius 3 is 2.76 bits per heavy atom. The van der Waals surface area contributed by atoms with E-state index in [1.807, 2.05) is 12.1 Å². The van der Waals surface area contributed by atoms with Crippen molar-refractivity contribution in [3.05, 3.63) is 34.3 Å². The lowest BCUT2D eigenvalue weighted by Crippen LogP contribution is -2.33. The molecule has 0 saturated heterocycles. The Kier molecular flexibility index (Phi) is 5.01. The number of hydrogen-bond donors (Lipinski definition) is 1. The van der Waals surface area contributed by atoms with Gasteiger partial charge in [-0.2, -0.15) is 0 Å². The standard InChI is InChI=1S/C14H20BrNO/c15-13-7-3-1-6-12(13)10-17-14-8-4-2-5-11(14)9-16/h1,3,6-7,11,14H,2,4-5,8-10,16H2. The van der Waals surface area contributed by atoms with Crippen LogP contribution in [0.25, 0.3) is 0 Å². The summed E-state index contributed by atoms with van der Waals surface area (Å²) in [6.45, 7) is 1.43. The van der Waals surface area contributed by atoms with Crippen molar-refractivity contribution in [2.24, 2.45) is 11.7 Å². The number of rotatable bonds is 4. The molecule has 0 bridgehead atoms. The summed E-state index contributed by atoms with van der Waals surface area (Å²) >= 11 is 3.55.